The van der Waals surface area contributed by atoms with Crippen LogP contribution in [0.3, 0.4) is 0 Å². The van der Waals surface area contributed by atoms with E-state index in [2.05, 4.69) is 25.6 Å². The maximum absolute atomic E-state index is 3.85. The molecule has 2 heterocycles. The number of nitrogens with one attached hydrogen (secondary N) is 2. The third-order valence-electron chi connectivity index (χ3n) is 2.17. The lowest BCUT2D eigenvalue weighted by molar-refractivity contribution is 0.881. The van der Waals surface area contributed by atoms with Crippen molar-refractivity contribution in [3.63, 3.8) is 0 Å². The molecule has 3 rings (SSSR count). The molecule has 5 heteroatoms. The van der Waals surface area contributed by atoms with Gasteiger partial charge >= 0.3 is 0 Å². The van der Waals surface area contributed by atoms with Crippen molar-refractivity contribution in [2.45, 2.75) is 0 Å². The largest absolute Gasteiger partial charge is 0.361 e. The van der Waals surface area contributed by atoms with Gasteiger partial charge in [-0.2, -0.15) is 0 Å². The monoisotopic (exact) mass is 185 g/mol. The highest BCUT2D eigenvalue weighted by molar-refractivity contribution is 5.83. The summed E-state index contributed by atoms with van der Waals surface area (Å²) < 4.78 is 0. The van der Waals surface area contributed by atoms with Crippen LogP contribution in [0, 0.1) is 0 Å². The van der Waals surface area contributed by atoms with Gasteiger partial charge < -0.3 is 4.98 Å². The molecule has 0 saturated carbocycles. The van der Waals surface area contributed by atoms with E-state index in [0.29, 0.717) is 5.82 Å². The second kappa shape index (κ2) is 2.66. The van der Waals surface area contributed by atoms with E-state index in [1.54, 1.807) is 0 Å². The number of tetrazole rings is 1. The van der Waals surface area contributed by atoms with Crippen LogP contribution >= 0.6 is 0 Å². The summed E-state index contributed by atoms with van der Waals surface area (Å²) in [5.41, 5.74) is 2.06. The zero-order chi connectivity index (χ0) is 9.38. The Balaban J connectivity index is 2.23. The minimum Gasteiger partial charge on any atom is -0.361 e. The molecule has 3 aromatic rings. The molecular formula is C9H7N5. The van der Waals surface area contributed by atoms with E-state index >= 15 is 0 Å². The van der Waals surface area contributed by atoms with E-state index in [9.17, 15) is 0 Å². The van der Waals surface area contributed by atoms with Gasteiger partial charge in [0.15, 0.2) is 5.82 Å². The average Bonchev–Trinajstić information content (AvgIpc) is 2.88. The molecule has 0 saturated heterocycles. The molecule has 0 radical (unpaired) electrons. The standard InChI is InChI=1S/C9H7N5/c1-2-7(9-11-13-14-12-9)5-8-6(1)3-4-10-8/h1-5,10H,(H,11,12,13,14). The highest BCUT2D eigenvalue weighted by Gasteiger charge is 2.02. The number of hydrogen-bond donors (Lipinski definition) is 2. The van der Waals surface area contributed by atoms with Gasteiger partial charge in [0.2, 0.25) is 0 Å². The summed E-state index contributed by atoms with van der Waals surface area (Å²) in [7, 11) is 0. The summed E-state index contributed by atoms with van der Waals surface area (Å²) in [6.45, 7) is 0. The fraction of sp³-hybridized carbons (Fsp3) is 0. The van der Waals surface area contributed by atoms with Crippen molar-refractivity contribution in [2.24, 2.45) is 0 Å². The minimum absolute atomic E-state index is 0.682. The molecule has 0 spiro atoms. The van der Waals surface area contributed by atoms with E-state index in [1.807, 2.05) is 30.5 Å². The number of hydrogen-bond acceptors (Lipinski definition) is 3. The first-order valence-electron chi connectivity index (χ1n) is 4.25. The average molecular weight is 185 g/mol. The first kappa shape index (κ1) is 7.25. The molecular weight excluding hydrogens is 178 g/mol. The van der Waals surface area contributed by atoms with Crippen molar-refractivity contribution in [1.82, 2.24) is 25.6 Å². The predicted molar refractivity (Wildman–Crippen MR) is 51.5 cm³/mol. The molecule has 0 atom stereocenters. The van der Waals surface area contributed by atoms with Gasteiger partial charge in [-0.05, 0) is 27.9 Å². The first-order valence-corrected chi connectivity index (χ1v) is 4.25. The van der Waals surface area contributed by atoms with Gasteiger partial charge in [-0.15, -0.1) is 5.10 Å². The number of nitrogens with zero attached hydrogens (tertiary/aromatic N) is 3. The van der Waals surface area contributed by atoms with Gasteiger partial charge in [0.1, 0.15) is 0 Å². The lowest BCUT2D eigenvalue weighted by atomic mass is 10.1. The Bertz CT molecular complexity index is 551. The Hall–Kier alpha value is -2.17. The lowest BCUT2D eigenvalue weighted by Gasteiger charge is -1.94. The smallest absolute Gasteiger partial charge is 0.179 e. The number of aromatic nitrogens is 5. The molecule has 0 amide bonds. The Morgan fingerprint density at radius 1 is 1.14 bits per heavy atom. The van der Waals surface area contributed by atoms with Crippen LogP contribution in [0.5, 0.6) is 0 Å². The van der Waals surface area contributed by atoms with Crippen LogP contribution < -0.4 is 0 Å². The van der Waals surface area contributed by atoms with E-state index in [0.717, 1.165) is 11.1 Å². The second-order valence-corrected chi connectivity index (χ2v) is 3.03. The van der Waals surface area contributed by atoms with Gasteiger partial charge in [0, 0.05) is 17.3 Å². The molecule has 0 fully saturated rings. The lowest BCUT2D eigenvalue weighted by Crippen LogP contribution is -1.80. The summed E-state index contributed by atoms with van der Waals surface area (Å²) >= 11 is 0. The number of fused-ring (bicyclic) bond motifs is 1. The van der Waals surface area contributed by atoms with Crippen molar-refractivity contribution in [3.05, 3.63) is 30.5 Å². The summed E-state index contributed by atoms with van der Waals surface area (Å²) in [4.78, 5) is 3.14. The second-order valence-electron chi connectivity index (χ2n) is 3.03. The molecule has 0 aliphatic rings. The molecule has 5 nitrogen and oxygen atoms in total. The van der Waals surface area contributed by atoms with Crippen molar-refractivity contribution >= 4 is 10.9 Å². The van der Waals surface area contributed by atoms with Gasteiger partial charge in [0.05, 0.1) is 0 Å². The molecule has 14 heavy (non-hydrogen) atoms. The fourth-order valence-corrected chi connectivity index (χ4v) is 1.48. The molecule has 0 bridgehead atoms. The molecule has 2 N–H and O–H groups in total. The van der Waals surface area contributed by atoms with Crippen LogP contribution in [0.1, 0.15) is 0 Å². The van der Waals surface area contributed by atoms with Crippen LogP contribution in [0.2, 0.25) is 0 Å². The third kappa shape index (κ3) is 0.990. The number of aromatic amines is 2. The minimum atomic E-state index is 0.682. The van der Waals surface area contributed by atoms with Crippen LogP contribution in [0.4, 0.5) is 0 Å². The zero-order valence-electron chi connectivity index (χ0n) is 7.23. The summed E-state index contributed by atoms with van der Waals surface area (Å²) in [6.07, 6.45) is 1.91. The molecule has 0 unspecified atom stereocenters. The van der Waals surface area contributed by atoms with Gasteiger partial charge in [-0.25, -0.2) is 5.10 Å². The number of rotatable bonds is 1. The quantitative estimate of drug-likeness (QED) is 0.601. The van der Waals surface area contributed by atoms with Gasteiger partial charge in [-0.1, -0.05) is 12.1 Å². The SMILES string of the molecule is c1cc2ccc(-c3nnn[nH]3)cc2[nH]1. The van der Waals surface area contributed by atoms with E-state index in [4.69, 9.17) is 0 Å². The Morgan fingerprint density at radius 3 is 3.00 bits per heavy atom. The van der Waals surface area contributed by atoms with Crippen LogP contribution in [0.25, 0.3) is 22.3 Å². The van der Waals surface area contributed by atoms with Crippen molar-refractivity contribution in [1.29, 1.82) is 0 Å². The molecule has 1 aromatic carbocycles. The summed E-state index contributed by atoms with van der Waals surface area (Å²) in [6, 6.07) is 8.05. The molecule has 0 aliphatic carbocycles. The fourth-order valence-electron chi connectivity index (χ4n) is 1.48. The predicted octanol–water partition coefficient (Wildman–Crippen LogP) is 1.35. The van der Waals surface area contributed by atoms with Crippen LogP contribution in [0.15, 0.2) is 30.5 Å². The Labute approximate surface area is 79.2 Å². The molecule has 2 aromatic heterocycles. The summed E-state index contributed by atoms with van der Waals surface area (Å²) in [5, 5.41) is 14.8. The number of H-pyrrole nitrogens is 2. The van der Waals surface area contributed by atoms with E-state index < -0.39 is 0 Å². The normalized spacial score (nSPS) is 10.9. The highest BCUT2D eigenvalue weighted by atomic mass is 15.5. The summed E-state index contributed by atoms with van der Waals surface area (Å²) in [5.74, 6) is 0.682. The topological polar surface area (TPSA) is 70.2 Å². The number of benzene rings is 1. The van der Waals surface area contributed by atoms with E-state index in [1.165, 1.54) is 5.39 Å². The maximum Gasteiger partial charge on any atom is 0.179 e. The van der Waals surface area contributed by atoms with Crippen molar-refractivity contribution in [2.75, 3.05) is 0 Å². The van der Waals surface area contributed by atoms with Crippen molar-refractivity contribution < 1.29 is 0 Å². The third-order valence-corrected chi connectivity index (χ3v) is 2.17. The highest BCUT2D eigenvalue weighted by Crippen LogP contribution is 2.19. The van der Waals surface area contributed by atoms with E-state index in [-0.39, 0.29) is 0 Å². The Morgan fingerprint density at radius 2 is 2.14 bits per heavy atom. The molecule has 68 valence electrons. The van der Waals surface area contributed by atoms with Gasteiger partial charge in [-0.3, -0.25) is 0 Å². The molecule has 0 aliphatic heterocycles. The first-order chi connectivity index (χ1) is 6.93. The van der Waals surface area contributed by atoms with Crippen LogP contribution in [-0.2, 0) is 0 Å². The zero-order valence-corrected chi connectivity index (χ0v) is 7.23. The Kier molecular flexibility index (Phi) is 1.38. The van der Waals surface area contributed by atoms with Crippen molar-refractivity contribution in [3.8, 4) is 11.4 Å². The maximum atomic E-state index is 3.85. The van der Waals surface area contributed by atoms with Gasteiger partial charge in [0.25, 0.3) is 0 Å². The van der Waals surface area contributed by atoms with Crippen LogP contribution in [-0.4, -0.2) is 25.6 Å².